The SMILES string of the molecule is CCOC(=O)C(C)Oc1ccc(Nc2nc3ccc(Cl)cc3[n+]([O-])n2)c(Cl)c1. The molecule has 1 aromatic heterocycles. The lowest BCUT2D eigenvalue weighted by molar-refractivity contribution is -0.641. The third-order valence-corrected chi connectivity index (χ3v) is 4.22. The Balaban J connectivity index is 1.79. The van der Waals surface area contributed by atoms with E-state index in [1.807, 2.05) is 0 Å². The molecule has 3 rings (SSSR count). The van der Waals surface area contributed by atoms with Crippen LogP contribution in [0.3, 0.4) is 0 Å². The first-order valence-corrected chi connectivity index (χ1v) is 9.10. The number of benzene rings is 2. The molecule has 146 valence electrons. The fourth-order valence-corrected chi connectivity index (χ4v) is 2.76. The third kappa shape index (κ3) is 4.52. The van der Waals surface area contributed by atoms with Gasteiger partial charge in [0.05, 0.1) is 22.4 Å². The summed E-state index contributed by atoms with van der Waals surface area (Å²) >= 11 is 12.2. The molecule has 0 aliphatic heterocycles. The van der Waals surface area contributed by atoms with Crippen LogP contribution in [0, 0.1) is 5.21 Å². The van der Waals surface area contributed by atoms with Crippen LogP contribution in [0.5, 0.6) is 5.75 Å². The van der Waals surface area contributed by atoms with Crippen molar-refractivity contribution in [3.8, 4) is 5.75 Å². The van der Waals surface area contributed by atoms with Crippen LogP contribution in [-0.4, -0.2) is 28.8 Å². The fourth-order valence-electron chi connectivity index (χ4n) is 2.38. The number of ether oxygens (including phenoxy) is 2. The molecule has 1 heterocycles. The van der Waals surface area contributed by atoms with Gasteiger partial charge in [-0.2, -0.15) is 0 Å². The number of carbonyl (C=O) groups is 1. The van der Waals surface area contributed by atoms with E-state index in [1.54, 1.807) is 38.1 Å². The molecule has 3 aromatic rings. The molecule has 10 heteroatoms. The number of esters is 1. The minimum Gasteiger partial charge on any atom is -0.594 e. The molecular formula is C18H16Cl2N4O4. The van der Waals surface area contributed by atoms with Gasteiger partial charge in [0.15, 0.2) is 6.10 Å². The summed E-state index contributed by atoms with van der Waals surface area (Å²) in [5, 5.41) is 19.5. The molecule has 28 heavy (non-hydrogen) atoms. The van der Waals surface area contributed by atoms with E-state index in [0.29, 0.717) is 31.8 Å². The van der Waals surface area contributed by atoms with Gasteiger partial charge in [-0.3, -0.25) is 0 Å². The van der Waals surface area contributed by atoms with Crippen molar-refractivity contribution in [2.24, 2.45) is 0 Å². The predicted octanol–water partition coefficient (Wildman–Crippen LogP) is 3.64. The highest BCUT2D eigenvalue weighted by Crippen LogP contribution is 2.29. The number of carbonyl (C=O) groups excluding carboxylic acids is 1. The van der Waals surface area contributed by atoms with Gasteiger partial charge in [-0.15, -0.1) is 0 Å². The van der Waals surface area contributed by atoms with E-state index < -0.39 is 12.1 Å². The molecule has 8 nitrogen and oxygen atoms in total. The number of hydrogen-bond acceptors (Lipinski definition) is 7. The number of nitrogens with one attached hydrogen (secondary N) is 1. The summed E-state index contributed by atoms with van der Waals surface area (Å²) in [7, 11) is 0. The van der Waals surface area contributed by atoms with Crippen molar-refractivity contribution in [1.29, 1.82) is 0 Å². The van der Waals surface area contributed by atoms with Crippen LogP contribution < -0.4 is 14.9 Å². The van der Waals surface area contributed by atoms with Crippen LogP contribution in [0.25, 0.3) is 11.0 Å². The lowest BCUT2D eigenvalue weighted by atomic mass is 10.3. The molecule has 0 spiro atoms. The van der Waals surface area contributed by atoms with Crippen LogP contribution in [0.2, 0.25) is 10.0 Å². The van der Waals surface area contributed by atoms with Crippen LogP contribution in [0.15, 0.2) is 36.4 Å². The van der Waals surface area contributed by atoms with Gasteiger partial charge < -0.3 is 20.0 Å². The third-order valence-electron chi connectivity index (χ3n) is 3.67. The Morgan fingerprint density at radius 2 is 2.07 bits per heavy atom. The first-order chi connectivity index (χ1) is 13.4. The van der Waals surface area contributed by atoms with Gasteiger partial charge in [0.25, 0.3) is 11.5 Å². The Kier molecular flexibility index (Phi) is 6.01. The normalized spacial score (nSPS) is 11.9. The van der Waals surface area contributed by atoms with E-state index in [-0.39, 0.29) is 18.1 Å². The van der Waals surface area contributed by atoms with Crippen molar-refractivity contribution < 1.29 is 19.1 Å². The zero-order valence-corrected chi connectivity index (χ0v) is 16.5. The summed E-state index contributed by atoms with van der Waals surface area (Å²) < 4.78 is 10.4. The highest BCUT2D eigenvalue weighted by molar-refractivity contribution is 6.33. The molecule has 0 radical (unpaired) electrons. The summed E-state index contributed by atoms with van der Waals surface area (Å²) in [6, 6.07) is 9.51. The average molecular weight is 423 g/mol. The Labute approximate surface area is 170 Å². The van der Waals surface area contributed by atoms with Gasteiger partial charge in [0, 0.05) is 17.2 Å². The molecule has 0 saturated carbocycles. The van der Waals surface area contributed by atoms with Gasteiger partial charge in [0.1, 0.15) is 11.3 Å². The van der Waals surface area contributed by atoms with Gasteiger partial charge in [-0.25, -0.2) is 9.78 Å². The van der Waals surface area contributed by atoms with E-state index in [1.165, 1.54) is 12.1 Å². The summed E-state index contributed by atoms with van der Waals surface area (Å²) in [6.07, 6.45) is -0.773. The van der Waals surface area contributed by atoms with Crippen molar-refractivity contribution in [3.63, 3.8) is 0 Å². The number of anilines is 2. The summed E-state index contributed by atoms with van der Waals surface area (Å²) in [4.78, 5) is 16.4. The second kappa shape index (κ2) is 8.45. The summed E-state index contributed by atoms with van der Waals surface area (Å²) in [6.45, 7) is 3.57. The van der Waals surface area contributed by atoms with Crippen LogP contribution in [-0.2, 0) is 9.53 Å². The fraction of sp³-hybridized carbons (Fsp3) is 0.222. The molecule has 1 N–H and O–H groups in total. The first kappa shape index (κ1) is 19.9. The summed E-state index contributed by atoms with van der Waals surface area (Å²) in [5.74, 6) is -0.00478. The minimum atomic E-state index is -0.773. The number of nitrogens with zero attached hydrogens (tertiary/aromatic N) is 3. The lowest BCUT2D eigenvalue weighted by Crippen LogP contribution is -2.33. The molecule has 0 bridgehead atoms. The van der Waals surface area contributed by atoms with Crippen molar-refractivity contribution >= 4 is 51.8 Å². The maximum absolute atomic E-state index is 12.1. The number of fused-ring (bicyclic) bond motifs is 1. The Bertz CT molecular complexity index is 1030. The van der Waals surface area contributed by atoms with Crippen molar-refractivity contribution in [1.82, 2.24) is 10.1 Å². The topological polar surface area (TPSA) is 100 Å². The molecule has 0 aliphatic rings. The van der Waals surface area contributed by atoms with Crippen molar-refractivity contribution in [2.45, 2.75) is 20.0 Å². The predicted molar refractivity (Wildman–Crippen MR) is 105 cm³/mol. The van der Waals surface area contributed by atoms with Gasteiger partial charge >= 0.3 is 5.97 Å². The van der Waals surface area contributed by atoms with E-state index >= 15 is 0 Å². The highest BCUT2D eigenvalue weighted by atomic mass is 35.5. The molecule has 1 unspecified atom stereocenters. The van der Waals surface area contributed by atoms with E-state index in [9.17, 15) is 10.0 Å². The Morgan fingerprint density at radius 3 is 2.79 bits per heavy atom. The second-order valence-electron chi connectivity index (χ2n) is 5.72. The molecule has 0 fully saturated rings. The number of halogens is 2. The summed E-state index contributed by atoms with van der Waals surface area (Å²) in [5.41, 5.74) is 1.14. The largest absolute Gasteiger partial charge is 0.594 e. The Morgan fingerprint density at radius 1 is 1.29 bits per heavy atom. The number of aromatic nitrogens is 3. The van der Waals surface area contributed by atoms with Gasteiger partial charge in [0.2, 0.25) is 0 Å². The molecule has 2 aromatic carbocycles. The average Bonchev–Trinajstić information content (AvgIpc) is 2.65. The maximum Gasteiger partial charge on any atom is 0.347 e. The van der Waals surface area contributed by atoms with Crippen molar-refractivity contribution in [3.05, 3.63) is 51.7 Å². The van der Waals surface area contributed by atoms with Gasteiger partial charge in [-0.1, -0.05) is 23.2 Å². The minimum absolute atomic E-state index is 0.0697. The van der Waals surface area contributed by atoms with Gasteiger partial charge in [-0.05, 0) is 43.0 Å². The zero-order valence-electron chi connectivity index (χ0n) is 15.0. The van der Waals surface area contributed by atoms with Crippen LogP contribution >= 0.6 is 23.2 Å². The van der Waals surface area contributed by atoms with Crippen LogP contribution in [0.4, 0.5) is 11.6 Å². The Hall–Kier alpha value is -2.84. The molecule has 0 aliphatic carbocycles. The first-order valence-electron chi connectivity index (χ1n) is 8.34. The van der Waals surface area contributed by atoms with Crippen LogP contribution in [0.1, 0.15) is 13.8 Å². The highest BCUT2D eigenvalue weighted by Gasteiger charge is 2.17. The standard InChI is InChI=1S/C18H16Cl2N4O4/c1-3-27-17(25)10(2)28-12-5-7-14(13(20)9-12)21-18-22-15-6-4-11(19)8-16(15)24(26)23-18/h4-10H,3H2,1-2H3,(H,21,22,23). The van der Waals surface area contributed by atoms with E-state index in [2.05, 4.69) is 15.4 Å². The van der Waals surface area contributed by atoms with E-state index in [0.717, 1.165) is 0 Å². The number of rotatable bonds is 6. The molecule has 0 amide bonds. The monoisotopic (exact) mass is 422 g/mol. The smallest absolute Gasteiger partial charge is 0.347 e. The number of hydrogen-bond donors (Lipinski definition) is 1. The second-order valence-corrected chi connectivity index (χ2v) is 6.56. The molecule has 0 saturated heterocycles. The zero-order chi connectivity index (χ0) is 20.3. The maximum atomic E-state index is 12.1. The van der Waals surface area contributed by atoms with E-state index in [4.69, 9.17) is 32.7 Å². The quantitative estimate of drug-likeness (QED) is 0.367. The molecular weight excluding hydrogens is 407 g/mol. The van der Waals surface area contributed by atoms with Crippen molar-refractivity contribution in [2.75, 3.05) is 11.9 Å². The lowest BCUT2D eigenvalue weighted by Gasteiger charge is -2.14. The molecule has 1 atom stereocenters.